The number of benzene rings is 2. The normalized spacial score (nSPS) is 15.8. The van der Waals surface area contributed by atoms with Gasteiger partial charge in [-0.25, -0.2) is 0 Å². The van der Waals surface area contributed by atoms with Crippen LogP contribution in [0.5, 0.6) is 0 Å². The van der Waals surface area contributed by atoms with E-state index in [-0.39, 0.29) is 30.8 Å². The number of aliphatic hydroxyl groups is 1. The molecule has 0 saturated heterocycles. The van der Waals surface area contributed by atoms with Crippen LogP contribution >= 0.6 is 0 Å². The second-order valence-corrected chi connectivity index (χ2v) is 7.46. The minimum absolute atomic E-state index is 0.0516. The lowest BCUT2D eigenvalue weighted by Gasteiger charge is -2.35. The molecule has 7 heteroatoms. The van der Waals surface area contributed by atoms with Crippen molar-refractivity contribution in [1.82, 2.24) is 4.90 Å². The Labute approximate surface area is 170 Å². The summed E-state index contributed by atoms with van der Waals surface area (Å²) in [5.74, 6) is -0.213. The molecule has 1 amide bonds. The summed E-state index contributed by atoms with van der Waals surface area (Å²) in [5, 5.41) is 23.2. The predicted octanol–water partition coefficient (Wildman–Crippen LogP) is 3.60. The zero-order valence-electron chi connectivity index (χ0n) is 16.6. The number of nitro groups is 1. The van der Waals surface area contributed by atoms with Gasteiger partial charge >= 0.3 is 0 Å². The molecule has 2 N–H and O–H groups in total. The highest BCUT2D eigenvalue weighted by Crippen LogP contribution is 2.34. The highest BCUT2D eigenvalue weighted by molar-refractivity contribution is 5.93. The molecular weight excluding hydrogens is 370 g/mol. The Bertz CT molecular complexity index is 884. The van der Waals surface area contributed by atoms with Crippen LogP contribution in [0.1, 0.15) is 42.0 Å². The van der Waals surface area contributed by atoms with Gasteiger partial charge in [0.2, 0.25) is 5.91 Å². The van der Waals surface area contributed by atoms with E-state index in [2.05, 4.69) is 22.3 Å². The van der Waals surface area contributed by atoms with Crippen molar-refractivity contribution in [2.75, 3.05) is 25.0 Å². The van der Waals surface area contributed by atoms with Crippen LogP contribution in [0.4, 0.5) is 11.4 Å². The number of nitrogens with zero attached hydrogens (tertiary/aromatic N) is 2. The average Bonchev–Trinajstić information content (AvgIpc) is 2.72. The van der Waals surface area contributed by atoms with Gasteiger partial charge in [-0.3, -0.25) is 19.8 Å². The predicted molar refractivity (Wildman–Crippen MR) is 112 cm³/mol. The van der Waals surface area contributed by atoms with Gasteiger partial charge in [0.15, 0.2) is 0 Å². The number of nitro benzene ring substituents is 1. The fourth-order valence-electron chi connectivity index (χ4n) is 3.96. The van der Waals surface area contributed by atoms with Crippen molar-refractivity contribution in [2.24, 2.45) is 0 Å². The number of carbonyl (C=O) groups is 1. The van der Waals surface area contributed by atoms with Crippen LogP contribution in [0.2, 0.25) is 0 Å². The maximum absolute atomic E-state index is 12.8. The summed E-state index contributed by atoms with van der Waals surface area (Å²) >= 11 is 0. The zero-order chi connectivity index (χ0) is 20.8. The van der Waals surface area contributed by atoms with E-state index in [9.17, 15) is 20.0 Å². The fraction of sp³-hybridized carbons (Fsp3) is 0.409. The number of non-ortho nitro benzene ring substituents is 1. The molecule has 1 atom stereocenters. The van der Waals surface area contributed by atoms with E-state index in [0.29, 0.717) is 18.7 Å². The third kappa shape index (κ3) is 5.19. The number of nitrogens with one attached hydrogen (secondary N) is 1. The van der Waals surface area contributed by atoms with Crippen LogP contribution in [0.3, 0.4) is 0 Å². The number of aryl methyl sites for hydroxylation is 2. The van der Waals surface area contributed by atoms with Crippen molar-refractivity contribution in [1.29, 1.82) is 0 Å². The lowest BCUT2D eigenvalue weighted by Crippen LogP contribution is -2.38. The summed E-state index contributed by atoms with van der Waals surface area (Å²) in [4.78, 5) is 25.5. The third-order valence-corrected chi connectivity index (χ3v) is 5.43. The van der Waals surface area contributed by atoms with Crippen molar-refractivity contribution in [2.45, 2.75) is 38.6 Å². The van der Waals surface area contributed by atoms with Crippen molar-refractivity contribution < 1.29 is 14.8 Å². The largest absolute Gasteiger partial charge is 0.396 e. The summed E-state index contributed by atoms with van der Waals surface area (Å²) in [5.41, 5.74) is 3.73. The maximum atomic E-state index is 12.8. The molecule has 0 aromatic heterocycles. The molecule has 7 nitrogen and oxygen atoms in total. The van der Waals surface area contributed by atoms with Crippen LogP contribution < -0.4 is 5.32 Å². The van der Waals surface area contributed by atoms with Gasteiger partial charge in [0.1, 0.15) is 0 Å². The molecule has 0 radical (unpaired) electrons. The molecule has 0 unspecified atom stereocenters. The smallest absolute Gasteiger partial charge is 0.271 e. The number of amides is 1. The lowest BCUT2D eigenvalue weighted by atomic mass is 9.86. The number of fused-ring (bicyclic) bond motifs is 1. The Kier molecular flexibility index (Phi) is 6.95. The van der Waals surface area contributed by atoms with E-state index in [1.54, 1.807) is 13.0 Å². The van der Waals surface area contributed by atoms with Crippen molar-refractivity contribution in [3.05, 3.63) is 69.3 Å². The van der Waals surface area contributed by atoms with E-state index < -0.39 is 4.92 Å². The Morgan fingerprint density at radius 2 is 2.10 bits per heavy atom. The monoisotopic (exact) mass is 397 g/mol. The zero-order valence-corrected chi connectivity index (χ0v) is 16.6. The molecule has 0 heterocycles. The van der Waals surface area contributed by atoms with Gasteiger partial charge in [0.05, 0.1) is 17.2 Å². The molecular formula is C22H27N3O4. The van der Waals surface area contributed by atoms with Gasteiger partial charge in [-0.1, -0.05) is 30.3 Å². The summed E-state index contributed by atoms with van der Waals surface area (Å²) in [6.07, 6.45) is 3.65. The Hall–Kier alpha value is -2.77. The molecule has 0 saturated carbocycles. The van der Waals surface area contributed by atoms with E-state index in [4.69, 9.17) is 0 Å². The molecule has 0 bridgehead atoms. The van der Waals surface area contributed by atoms with Crippen molar-refractivity contribution in [3.8, 4) is 0 Å². The van der Waals surface area contributed by atoms with E-state index in [0.717, 1.165) is 24.8 Å². The standard InChI is InChI=1S/C22H27N3O4/c1-16-10-11-18(25(28)29)14-20(16)23-22(27)15-24(12-5-13-26)21-9-4-7-17-6-2-3-8-19(17)21/h2-3,6,8,10-11,14,21,26H,4-5,7,9,12-13,15H2,1H3,(H,23,27)/t21-/m0/s1. The second-order valence-electron chi connectivity index (χ2n) is 7.46. The van der Waals surface area contributed by atoms with Crippen LogP contribution in [-0.2, 0) is 11.2 Å². The van der Waals surface area contributed by atoms with Gasteiger partial charge in [-0.15, -0.1) is 0 Å². The first-order valence-corrected chi connectivity index (χ1v) is 9.97. The van der Waals surface area contributed by atoms with Crippen LogP contribution in [0, 0.1) is 17.0 Å². The van der Waals surface area contributed by atoms with Gasteiger partial charge in [0, 0.05) is 31.3 Å². The van der Waals surface area contributed by atoms with E-state index in [1.165, 1.54) is 23.3 Å². The van der Waals surface area contributed by atoms with Crippen molar-refractivity contribution in [3.63, 3.8) is 0 Å². The van der Waals surface area contributed by atoms with Gasteiger partial charge < -0.3 is 10.4 Å². The Morgan fingerprint density at radius 1 is 1.31 bits per heavy atom. The molecule has 1 aliphatic carbocycles. The molecule has 2 aromatic carbocycles. The lowest BCUT2D eigenvalue weighted by molar-refractivity contribution is -0.384. The number of hydrogen-bond acceptors (Lipinski definition) is 5. The first-order valence-electron chi connectivity index (χ1n) is 9.97. The van der Waals surface area contributed by atoms with Gasteiger partial charge in [-0.2, -0.15) is 0 Å². The SMILES string of the molecule is Cc1ccc([N+](=O)[O-])cc1NC(=O)CN(CCCO)[C@H]1CCCc2ccccc21. The van der Waals surface area contributed by atoms with Gasteiger partial charge in [-0.05, 0) is 49.3 Å². The number of carbonyl (C=O) groups excluding carboxylic acids is 1. The molecule has 3 rings (SSSR count). The average molecular weight is 397 g/mol. The van der Waals surface area contributed by atoms with E-state index >= 15 is 0 Å². The summed E-state index contributed by atoms with van der Waals surface area (Å²) in [6.45, 7) is 2.65. The molecule has 2 aromatic rings. The fourth-order valence-corrected chi connectivity index (χ4v) is 3.96. The molecule has 0 spiro atoms. The summed E-state index contributed by atoms with van der Waals surface area (Å²) in [6, 6.07) is 12.9. The van der Waals surface area contributed by atoms with Crippen LogP contribution in [0.25, 0.3) is 0 Å². The highest BCUT2D eigenvalue weighted by Gasteiger charge is 2.27. The van der Waals surface area contributed by atoms with E-state index in [1.807, 2.05) is 12.1 Å². The molecule has 1 aliphatic rings. The quantitative estimate of drug-likeness (QED) is 0.524. The number of hydrogen-bond donors (Lipinski definition) is 2. The maximum Gasteiger partial charge on any atom is 0.271 e. The van der Waals surface area contributed by atoms with Gasteiger partial charge in [0.25, 0.3) is 5.69 Å². The number of aliphatic hydroxyl groups excluding tert-OH is 1. The highest BCUT2D eigenvalue weighted by atomic mass is 16.6. The molecule has 29 heavy (non-hydrogen) atoms. The summed E-state index contributed by atoms with van der Waals surface area (Å²) in [7, 11) is 0. The third-order valence-electron chi connectivity index (χ3n) is 5.43. The van der Waals surface area contributed by atoms with Crippen LogP contribution in [-0.4, -0.2) is 40.5 Å². The first-order chi connectivity index (χ1) is 14.0. The molecule has 154 valence electrons. The number of rotatable bonds is 8. The van der Waals surface area contributed by atoms with Crippen LogP contribution in [0.15, 0.2) is 42.5 Å². The van der Waals surface area contributed by atoms with Crippen molar-refractivity contribution >= 4 is 17.3 Å². The number of anilines is 1. The Morgan fingerprint density at radius 3 is 2.86 bits per heavy atom. The molecule has 0 aliphatic heterocycles. The topological polar surface area (TPSA) is 95.7 Å². The second kappa shape index (κ2) is 9.62. The first kappa shape index (κ1) is 21.0. The summed E-state index contributed by atoms with van der Waals surface area (Å²) < 4.78 is 0. The minimum atomic E-state index is -0.471. The minimum Gasteiger partial charge on any atom is -0.396 e. The molecule has 0 fully saturated rings. The Balaban J connectivity index is 1.77.